The van der Waals surface area contributed by atoms with Gasteiger partial charge in [-0.2, -0.15) is 0 Å². The van der Waals surface area contributed by atoms with E-state index in [1.165, 1.54) is 0 Å². The Hall–Kier alpha value is -3.00. The minimum Gasteiger partial charge on any atom is -0.391 e. The molecule has 0 bridgehead atoms. The maximum absolute atomic E-state index is 14.2. The van der Waals surface area contributed by atoms with Gasteiger partial charge in [0.25, 0.3) is 0 Å². The van der Waals surface area contributed by atoms with E-state index in [9.17, 15) is 24.3 Å². The lowest BCUT2D eigenvalue weighted by molar-refractivity contribution is -0.146. The molecule has 4 aliphatic rings. The number of allylic oxidation sites excluding steroid dienone is 2. The summed E-state index contributed by atoms with van der Waals surface area (Å²) < 4.78 is 0. The van der Waals surface area contributed by atoms with E-state index in [1.54, 1.807) is 9.80 Å². The van der Waals surface area contributed by atoms with Crippen molar-refractivity contribution in [3.8, 4) is 0 Å². The van der Waals surface area contributed by atoms with Crippen LogP contribution in [0.5, 0.6) is 0 Å². The number of Topliss-reactive ketones (excluding diaryl/α,β-unsaturated/α-hetero) is 1. The van der Waals surface area contributed by atoms with Crippen LogP contribution in [-0.2, 0) is 25.7 Å². The summed E-state index contributed by atoms with van der Waals surface area (Å²) in [5.41, 5.74) is 0.113. The molecule has 0 aromatic heterocycles. The van der Waals surface area contributed by atoms with Crippen LogP contribution in [0, 0.1) is 17.3 Å². The Morgan fingerprint density at radius 2 is 1.88 bits per heavy atom. The van der Waals surface area contributed by atoms with Crippen LogP contribution in [0.2, 0.25) is 0 Å². The maximum Gasteiger partial charge on any atom is 0.243 e. The highest BCUT2D eigenvalue weighted by molar-refractivity contribution is 5.98. The van der Waals surface area contributed by atoms with Crippen LogP contribution in [0.4, 0.5) is 0 Å². The number of benzene rings is 1. The van der Waals surface area contributed by atoms with Gasteiger partial charge in [-0.05, 0) is 50.0 Å². The number of aliphatic hydroxyl groups excluding tert-OH is 1. The van der Waals surface area contributed by atoms with Gasteiger partial charge in [0.15, 0.2) is 5.78 Å². The standard InChI is InChI=1S/C32H43N3O5/c1-22-11-6-3-2-4-9-14-24-18-32(24,19-28(37)27-17-25(36)21-35(27)30(22)39)31(40)34-16-10-15-26(34)29(38)33-20-23-12-7-5-8-13-23/h5,7-9,12-14,22,24-27,36H,2-4,6,10-11,15-21H2,1H3,(H,33,38)/b14-9-/t22-,24-,25+,26+,27-,32+/m0/s1. The Balaban J connectivity index is 1.34. The lowest BCUT2D eigenvalue weighted by Crippen LogP contribution is -2.50. The molecule has 3 aliphatic heterocycles. The highest BCUT2D eigenvalue weighted by Crippen LogP contribution is 2.58. The number of nitrogens with zero attached hydrogens (tertiary/aromatic N) is 2. The highest BCUT2D eigenvalue weighted by atomic mass is 16.3. The lowest BCUT2D eigenvalue weighted by atomic mass is 9.90. The van der Waals surface area contributed by atoms with Gasteiger partial charge < -0.3 is 20.2 Å². The van der Waals surface area contributed by atoms with Crippen LogP contribution in [0.1, 0.15) is 76.7 Å². The van der Waals surface area contributed by atoms with Gasteiger partial charge in [0.05, 0.1) is 17.6 Å². The third-order valence-electron chi connectivity index (χ3n) is 9.41. The summed E-state index contributed by atoms with van der Waals surface area (Å²) in [6.07, 6.45) is 10.3. The van der Waals surface area contributed by atoms with E-state index in [4.69, 9.17) is 0 Å². The number of nitrogens with one attached hydrogen (secondary N) is 1. The van der Waals surface area contributed by atoms with E-state index in [0.717, 1.165) is 44.1 Å². The molecule has 3 amide bonds. The van der Waals surface area contributed by atoms with E-state index < -0.39 is 23.6 Å². The quantitative estimate of drug-likeness (QED) is 0.560. The van der Waals surface area contributed by atoms with Crippen molar-refractivity contribution in [2.45, 2.75) is 95.9 Å². The van der Waals surface area contributed by atoms with Gasteiger partial charge in [0.2, 0.25) is 17.7 Å². The van der Waals surface area contributed by atoms with Crippen molar-refractivity contribution in [3.05, 3.63) is 48.0 Å². The third-order valence-corrected chi connectivity index (χ3v) is 9.41. The van der Waals surface area contributed by atoms with Gasteiger partial charge in [-0.15, -0.1) is 0 Å². The number of carbonyl (C=O) groups excluding carboxylic acids is 4. The van der Waals surface area contributed by atoms with Gasteiger partial charge in [0.1, 0.15) is 6.04 Å². The predicted octanol–water partition coefficient (Wildman–Crippen LogP) is 3.38. The number of likely N-dealkylation sites (tertiary alicyclic amines) is 1. The molecule has 1 aromatic rings. The van der Waals surface area contributed by atoms with Crippen LogP contribution in [0.15, 0.2) is 42.5 Å². The molecular formula is C32H43N3O5. The normalized spacial score (nSPS) is 33.9. The largest absolute Gasteiger partial charge is 0.391 e. The number of rotatable bonds is 4. The van der Waals surface area contributed by atoms with E-state index in [2.05, 4.69) is 17.5 Å². The molecule has 8 nitrogen and oxygen atoms in total. The minimum absolute atomic E-state index is 0.0330. The molecule has 40 heavy (non-hydrogen) atoms. The summed E-state index contributed by atoms with van der Waals surface area (Å²) in [7, 11) is 0. The fourth-order valence-corrected chi connectivity index (χ4v) is 6.93. The summed E-state index contributed by atoms with van der Waals surface area (Å²) >= 11 is 0. The Labute approximate surface area is 237 Å². The van der Waals surface area contributed by atoms with E-state index in [1.807, 2.05) is 37.3 Å². The number of fused-ring (bicyclic) bond motifs is 2. The van der Waals surface area contributed by atoms with Gasteiger partial charge in [-0.3, -0.25) is 19.2 Å². The molecule has 8 heteroatoms. The Kier molecular flexibility index (Phi) is 8.74. The van der Waals surface area contributed by atoms with Gasteiger partial charge >= 0.3 is 0 Å². The molecule has 5 rings (SSSR count). The first-order valence-electron chi connectivity index (χ1n) is 15.1. The second kappa shape index (κ2) is 12.2. The van der Waals surface area contributed by atoms with Crippen molar-refractivity contribution >= 4 is 23.5 Å². The first-order chi connectivity index (χ1) is 19.3. The number of hydrogen-bond acceptors (Lipinski definition) is 5. The molecular weight excluding hydrogens is 506 g/mol. The van der Waals surface area contributed by atoms with Gasteiger partial charge in [-0.25, -0.2) is 0 Å². The summed E-state index contributed by atoms with van der Waals surface area (Å²) in [4.78, 5) is 57.7. The van der Waals surface area contributed by atoms with Crippen LogP contribution in [0.25, 0.3) is 0 Å². The highest BCUT2D eigenvalue weighted by Gasteiger charge is 2.62. The Morgan fingerprint density at radius 3 is 2.67 bits per heavy atom. The van der Waals surface area contributed by atoms with Gasteiger partial charge in [-0.1, -0.05) is 62.2 Å². The van der Waals surface area contributed by atoms with Crippen LogP contribution >= 0.6 is 0 Å². The van der Waals surface area contributed by atoms with E-state index >= 15 is 0 Å². The minimum atomic E-state index is -0.885. The number of hydrogen-bond donors (Lipinski definition) is 2. The molecule has 1 saturated carbocycles. The van der Waals surface area contributed by atoms with E-state index in [0.29, 0.717) is 25.9 Å². The molecule has 6 atom stereocenters. The lowest BCUT2D eigenvalue weighted by Gasteiger charge is -2.31. The summed E-state index contributed by atoms with van der Waals surface area (Å²) in [6, 6.07) is 8.45. The van der Waals surface area contributed by atoms with Crippen molar-refractivity contribution in [2.24, 2.45) is 17.3 Å². The van der Waals surface area contributed by atoms with Crippen LogP contribution in [0.3, 0.4) is 0 Å². The summed E-state index contributed by atoms with van der Waals surface area (Å²) in [5, 5.41) is 13.4. The first kappa shape index (κ1) is 28.5. The second-order valence-corrected chi connectivity index (χ2v) is 12.3. The number of carbonyl (C=O) groups is 4. The average Bonchev–Trinajstić information content (AvgIpc) is 3.26. The van der Waals surface area contributed by atoms with Crippen molar-refractivity contribution < 1.29 is 24.3 Å². The number of amides is 3. The summed E-state index contributed by atoms with van der Waals surface area (Å²) in [6.45, 7) is 2.98. The molecule has 1 aliphatic carbocycles. The first-order valence-corrected chi connectivity index (χ1v) is 15.1. The third kappa shape index (κ3) is 6.02. The molecule has 216 valence electrons. The van der Waals surface area contributed by atoms with Crippen molar-refractivity contribution in [2.75, 3.05) is 13.1 Å². The SMILES string of the molecule is C[C@H]1CCCCC/C=C\[C@H]2C[C@@]2(C(=O)N2CCC[C@@H]2C(=O)NCc2ccccc2)CC(=O)[C@@H]2C[C@@H](O)CN2C1=O. The van der Waals surface area contributed by atoms with Crippen molar-refractivity contribution in [3.63, 3.8) is 0 Å². The molecule has 3 heterocycles. The topological polar surface area (TPSA) is 107 Å². The zero-order valence-corrected chi connectivity index (χ0v) is 23.6. The fourth-order valence-electron chi connectivity index (χ4n) is 6.93. The molecule has 2 saturated heterocycles. The molecule has 2 N–H and O–H groups in total. The zero-order valence-electron chi connectivity index (χ0n) is 23.6. The van der Waals surface area contributed by atoms with Gasteiger partial charge in [0, 0.05) is 38.4 Å². The maximum atomic E-state index is 14.2. The molecule has 0 unspecified atom stereocenters. The van der Waals surface area contributed by atoms with Crippen molar-refractivity contribution in [1.29, 1.82) is 0 Å². The number of ketones is 1. The smallest absolute Gasteiger partial charge is 0.243 e. The molecule has 0 radical (unpaired) electrons. The summed E-state index contributed by atoms with van der Waals surface area (Å²) in [5.74, 6) is -0.776. The molecule has 1 aromatic carbocycles. The monoisotopic (exact) mass is 549 g/mol. The fraction of sp³-hybridized carbons (Fsp3) is 0.625. The Morgan fingerprint density at radius 1 is 1.07 bits per heavy atom. The molecule has 3 fully saturated rings. The van der Waals surface area contributed by atoms with Crippen LogP contribution in [-0.4, -0.2) is 69.7 Å². The average molecular weight is 550 g/mol. The molecule has 0 spiro atoms. The number of aliphatic hydroxyl groups is 1. The Bertz CT molecular complexity index is 1140. The second-order valence-electron chi connectivity index (χ2n) is 12.3. The predicted molar refractivity (Wildman–Crippen MR) is 151 cm³/mol. The van der Waals surface area contributed by atoms with Crippen molar-refractivity contribution in [1.82, 2.24) is 15.1 Å². The van der Waals surface area contributed by atoms with Crippen LogP contribution < -0.4 is 5.32 Å². The van der Waals surface area contributed by atoms with E-state index in [-0.39, 0.29) is 54.7 Å². The zero-order chi connectivity index (χ0) is 28.3.